The first-order valence-electron chi connectivity index (χ1n) is 8.15. The van der Waals surface area contributed by atoms with Crippen molar-refractivity contribution in [1.82, 2.24) is 10.6 Å². The fraction of sp³-hybridized carbons (Fsp3) is 0.529. The average Bonchev–Trinajstić information content (AvgIpc) is 2.44. The van der Waals surface area contributed by atoms with Gasteiger partial charge in [0, 0.05) is 24.7 Å². The molecule has 0 unspecified atom stereocenters. The van der Waals surface area contributed by atoms with Gasteiger partial charge in [-0.1, -0.05) is 18.6 Å². The predicted molar refractivity (Wildman–Crippen MR) is 106 cm³/mol. The Hall–Kier alpha value is -1.31. The highest BCUT2D eigenvalue weighted by molar-refractivity contribution is 14.0. The summed E-state index contributed by atoms with van der Waals surface area (Å²) < 4.78 is 0. The topological polar surface area (TPSA) is 65.5 Å². The van der Waals surface area contributed by atoms with Gasteiger partial charge in [-0.25, -0.2) is 4.99 Å². The summed E-state index contributed by atoms with van der Waals surface area (Å²) in [5.41, 5.74) is 1.94. The first kappa shape index (κ1) is 19.7. The van der Waals surface area contributed by atoms with Crippen molar-refractivity contribution >= 4 is 41.5 Å². The Balaban J connectivity index is 0.00000264. The maximum absolute atomic E-state index is 12.0. The van der Waals surface area contributed by atoms with E-state index in [2.05, 4.69) is 20.9 Å². The number of nitrogens with zero attached hydrogens (tertiary/aromatic N) is 1. The van der Waals surface area contributed by atoms with E-state index >= 15 is 0 Å². The molecule has 0 saturated heterocycles. The van der Waals surface area contributed by atoms with Crippen LogP contribution in [0, 0.1) is 5.92 Å². The van der Waals surface area contributed by atoms with E-state index in [1.807, 2.05) is 38.1 Å². The van der Waals surface area contributed by atoms with Crippen molar-refractivity contribution in [3.63, 3.8) is 0 Å². The number of guanidine groups is 1. The lowest BCUT2D eigenvalue weighted by atomic mass is 9.85. The van der Waals surface area contributed by atoms with Crippen molar-refractivity contribution in [2.24, 2.45) is 10.9 Å². The molecule has 0 aromatic heterocycles. The van der Waals surface area contributed by atoms with E-state index in [9.17, 15) is 4.79 Å². The molecule has 1 saturated carbocycles. The van der Waals surface area contributed by atoms with Crippen molar-refractivity contribution in [2.75, 3.05) is 18.4 Å². The molecule has 1 aromatic rings. The summed E-state index contributed by atoms with van der Waals surface area (Å²) >= 11 is 0. The molecule has 1 aliphatic carbocycles. The van der Waals surface area contributed by atoms with Crippen molar-refractivity contribution in [1.29, 1.82) is 0 Å². The molecule has 0 atom stereocenters. The number of aliphatic imine (C=N–C) groups is 1. The van der Waals surface area contributed by atoms with Crippen LogP contribution < -0.4 is 16.0 Å². The summed E-state index contributed by atoms with van der Waals surface area (Å²) in [4.78, 5) is 16.5. The molecule has 1 fully saturated rings. The smallest absolute Gasteiger partial charge is 0.227 e. The predicted octanol–water partition coefficient (Wildman–Crippen LogP) is 3.12. The van der Waals surface area contributed by atoms with Gasteiger partial charge in [0.25, 0.3) is 0 Å². The minimum Gasteiger partial charge on any atom is -0.357 e. The molecule has 1 aromatic carbocycles. The molecule has 128 valence electrons. The fourth-order valence-corrected chi connectivity index (χ4v) is 2.34. The van der Waals surface area contributed by atoms with Crippen molar-refractivity contribution in [3.8, 4) is 0 Å². The van der Waals surface area contributed by atoms with E-state index < -0.39 is 0 Å². The first-order valence-corrected chi connectivity index (χ1v) is 8.15. The normalized spacial score (nSPS) is 13.3. The number of halogens is 1. The van der Waals surface area contributed by atoms with Gasteiger partial charge < -0.3 is 16.0 Å². The van der Waals surface area contributed by atoms with E-state index in [0.717, 1.165) is 43.1 Å². The number of carbonyl (C=O) groups is 1. The van der Waals surface area contributed by atoms with Crippen LogP contribution in [0.3, 0.4) is 0 Å². The molecule has 23 heavy (non-hydrogen) atoms. The highest BCUT2D eigenvalue weighted by Gasteiger charge is 2.25. The zero-order chi connectivity index (χ0) is 15.8. The first-order chi connectivity index (χ1) is 10.7. The monoisotopic (exact) mass is 430 g/mol. The van der Waals surface area contributed by atoms with Crippen LogP contribution in [0.2, 0.25) is 0 Å². The Kier molecular flexibility index (Phi) is 8.98. The van der Waals surface area contributed by atoms with Gasteiger partial charge in [-0.15, -0.1) is 24.0 Å². The van der Waals surface area contributed by atoms with Crippen molar-refractivity contribution < 1.29 is 4.79 Å². The molecule has 5 nitrogen and oxygen atoms in total. The summed E-state index contributed by atoms with van der Waals surface area (Å²) in [6.45, 7) is 6.35. The van der Waals surface area contributed by atoms with Crippen LogP contribution >= 0.6 is 24.0 Å². The third kappa shape index (κ3) is 6.37. The van der Waals surface area contributed by atoms with Gasteiger partial charge in [0.2, 0.25) is 5.91 Å². The maximum atomic E-state index is 12.0. The summed E-state index contributed by atoms with van der Waals surface area (Å²) in [5, 5.41) is 9.40. The van der Waals surface area contributed by atoms with Crippen LogP contribution in [-0.2, 0) is 11.3 Å². The summed E-state index contributed by atoms with van der Waals surface area (Å²) in [6.07, 6.45) is 3.21. The summed E-state index contributed by atoms with van der Waals surface area (Å²) in [6, 6.07) is 7.91. The molecule has 0 aliphatic heterocycles. The van der Waals surface area contributed by atoms with Crippen LogP contribution in [0.4, 0.5) is 5.69 Å². The van der Waals surface area contributed by atoms with Crippen LogP contribution in [-0.4, -0.2) is 25.0 Å². The molecule has 2 rings (SSSR count). The van der Waals surface area contributed by atoms with Gasteiger partial charge in [-0.3, -0.25) is 4.79 Å². The van der Waals surface area contributed by atoms with Crippen LogP contribution in [0.15, 0.2) is 29.3 Å². The third-order valence-corrected chi connectivity index (χ3v) is 3.78. The molecule has 0 bridgehead atoms. The van der Waals surface area contributed by atoms with Gasteiger partial charge >= 0.3 is 0 Å². The minimum atomic E-state index is 0. The number of hydrogen-bond donors (Lipinski definition) is 3. The molecular weight excluding hydrogens is 403 g/mol. The Labute approximate surface area is 155 Å². The number of nitrogens with one attached hydrogen (secondary N) is 3. The van der Waals surface area contributed by atoms with Gasteiger partial charge in [-0.2, -0.15) is 0 Å². The Morgan fingerprint density at radius 3 is 2.48 bits per heavy atom. The van der Waals surface area contributed by atoms with Crippen LogP contribution in [0.25, 0.3) is 0 Å². The summed E-state index contributed by atoms with van der Waals surface area (Å²) in [7, 11) is 0. The lowest BCUT2D eigenvalue weighted by molar-refractivity contribution is -0.122. The largest absolute Gasteiger partial charge is 0.357 e. The maximum Gasteiger partial charge on any atom is 0.227 e. The molecule has 1 aliphatic rings. The number of benzene rings is 1. The SMILES string of the molecule is CCNC(=NCc1cccc(NC(=O)C2CCC2)c1)NCC.I. The third-order valence-electron chi connectivity index (χ3n) is 3.78. The van der Waals surface area contributed by atoms with Crippen LogP contribution in [0.5, 0.6) is 0 Å². The number of anilines is 1. The molecule has 0 heterocycles. The van der Waals surface area contributed by atoms with E-state index in [1.54, 1.807) is 0 Å². The van der Waals surface area contributed by atoms with Gasteiger partial charge in [-0.05, 0) is 44.4 Å². The zero-order valence-electron chi connectivity index (χ0n) is 13.9. The second-order valence-electron chi connectivity index (χ2n) is 5.54. The Bertz CT molecular complexity index is 521. The van der Waals surface area contributed by atoms with E-state index in [4.69, 9.17) is 0 Å². The lowest BCUT2D eigenvalue weighted by Crippen LogP contribution is -2.36. The second-order valence-corrected chi connectivity index (χ2v) is 5.54. The van der Waals surface area contributed by atoms with E-state index in [-0.39, 0.29) is 35.8 Å². The number of carbonyl (C=O) groups excluding carboxylic acids is 1. The highest BCUT2D eigenvalue weighted by Crippen LogP contribution is 2.27. The van der Waals surface area contributed by atoms with Crippen LogP contribution in [0.1, 0.15) is 38.7 Å². The van der Waals surface area contributed by atoms with Gasteiger partial charge in [0.05, 0.1) is 6.54 Å². The minimum absolute atomic E-state index is 0. The highest BCUT2D eigenvalue weighted by atomic mass is 127. The Morgan fingerprint density at radius 1 is 1.22 bits per heavy atom. The van der Waals surface area contributed by atoms with Gasteiger partial charge in [0.15, 0.2) is 5.96 Å². The van der Waals surface area contributed by atoms with E-state index in [1.165, 1.54) is 6.42 Å². The molecule has 1 amide bonds. The standard InChI is InChI=1S/C17H26N4O.HI/c1-3-18-17(19-4-2)20-12-13-7-5-10-15(11-13)21-16(22)14-8-6-9-14;/h5,7,10-11,14H,3-4,6,8-9,12H2,1-2H3,(H,21,22)(H2,18,19,20);1H. The second kappa shape index (κ2) is 10.5. The molecule has 0 radical (unpaired) electrons. The van der Waals surface area contributed by atoms with E-state index in [0.29, 0.717) is 6.54 Å². The number of amides is 1. The number of rotatable bonds is 6. The van der Waals surface area contributed by atoms with Crippen molar-refractivity contribution in [3.05, 3.63) is 29.8 Å². The summed E-state index contributed by atoms with van der Waals surface area (Å²) in [5.74, 6) is 1.16. The Morgan fingerprint density at radius 2 is 1.91 bits per heavy atom. The number of hydrogen-bond acceptors (Lipinski definition) is 2. The quantitative estimate of drug-likeness (QED) is 0.369. The zero-order valence-corrected chi connectivity index (χ0v) is 16.2. The fourth-order valence-electron chi connectivity index (χ4n) is 2.34. The molecular formula is C17H27IN4O. The van der Waals surface area contributed by atoms with Gasteiger partial charge in [0.1, 0.15) is 0 Å². The molecule has 3 N–H and O–H groups in total. The molecule has 0 spiro atoms. The lowest BCUT2D eigenvalue weighted by Gasteiger charge is -2.24. The molecule has 6 heteroatoms. The average molecular weight is 430 g/mol. The van der Waals surface area contributed by atoms with Crippen molar-refractivity contribution in [2.45, 2.75) is 39.7 Å².